The highest BCUT2D eigenvalue weighted by Crippen LogP contribution is 2.02. The topological polar surface area (TPSA) is 123 Å². The lowest BCUT2D eigenvalue weighted by Gasteiger charge is -2.15. The maximum Gasteiger partial charge on any atom is 0.305 e. The van der Waals surface area contributed by atoms with Crippen LogP contribution in [0.15, 0.2) is 6.20 Å². The fourth-order valence-electron chi connectivity index (χ4n) is 1.71. The predicted molar refractivity (Wildman–Crippen MR) is 67.0 cm³/mol. The highest BCUT2D eigenvalue weighted by atomic mass is 16.4. The molecule has 0 aliphatic heterocycles. The van der Waals surface area contributed by atoms with E-state index in [0.717, 1.165) is 6.42 Å². The Bertz CT molecular complexity index is 432. The first-order chi connectivity index (χ1) is 9.05. The molecule has 0 spiro atoms. The van der Waals surface area contributed by atoms with E-state index in [1.54, 1.807) is 6.20 Å². The van der Waals surface area contributed by atoms with Crippen LogP contribution in [0.2, 0.25) is 0 Å². The van der Waals surface area contributed by atoms with E-state index in [1.165, 1.54) is 4.68 Å². The number of hydrogen-bond acceptors (Lipinski definition) is 5. The van der Waals surface area contributed by atoms with Gasteiger partial charge in [-0.2, -0.15) is 0 Å². The average Bonchev–Trinajstić information content (AvgIpc) is 2.75. The minimum Gasteiger partial charge on any atom is -0.481 e. The fourth-order valence-corrected chi connectivity index (χ4v) is 1.71. The van der Waals surface area contributed by atoms with Crippen LogP contribution in [0, 0.1) is 0 Å². The van der Waals surface area contributed by atoms with Crippen molar-refractivity contribution in [1.82, 2.24) is 20.3 Å². The number of nitrogens with zero attached hydrogens (tertiary/aromatic N) is 3. The van der Waals surface area contributed by atoms with Gasteiger partial charge in [0, 0.05) is 12.6 Å². The van der Waals surface area contributed by atoms with Gasteiger partial charge < -0.3 is 16.2 Å². The SMILES string of the molecule is CCCC(CC(=O)O)NC(=O)Cn1cc(CN)nn1. The summed E-state index contributed by atoms with van der Waals surface area (Å²) in [6.07, 6.45) is 2.94. The number of hydrogen-bond donors (Lipinski definition) is 3. The first-order valence-electron chi connectivity index (χ1n) is 6.15. The molecule has 19 heavy (non-hydrogen) atoms. The van der Waals surface area contributed by atoms with Gasteiger partial charge in [-0.15, -0.1) is 5.10 Å². The summed E-state index contributed by atoms with van der Waals surface area (Å²) in [7, 11) is 0. The van der Waals surface area contributed by atoms with Crippen molar-refractivity contribution in [3.8, 4) is 0 Å². The number of aliphatic carboxylic acids is 1. The number of carboxylic acid groups (broad SMARTS) is 1. The maximum absolute atomic E-state index is 11.8. The van der Waals surface area contributed by atoms with Crippen molar-refractivity contribution in [2.24, 2.45) is 5.73 Å². The van der Waals surface area contributed by atoms with Crippen LogP contribution in [0.4, 0.5) is 0 Å². The van der Waals surface area contributed by atoms with E-state index in [0.29, 0.717) is 12.1 Å². The zero-order valence-electron chi connectivity index (χ0n) is 10.9. The van der Waals surface area contributed by atoms with Crippen LogP contribution >= 0.6 is 0 Å². The molecule has 106 valence electrons. The minimum atomic E-state index is -0.926. The van der Waals surface area contributed by atoms with Gasteiger partial charge in [0.25, 0.3) is 0 Å². The highest BCUT2D eigenvalue weighted by Gasteiger charge is 2.15. The number of carboxylic acids is 1. The van der Waals surface area contributed by atoms with Crippen molar-refractivity contribution in [3.05, 3.63) is 11.9 Å². The Labute approximate surface area is 111 Å². The van der Waals surface area contributed by atoms with Crippen molar-refractivity contribution in [1.29, 1.82) is 0 Å². The zero-order valence-corrected chi connectivity index (χ0v) is 10.9. The Morgan fingerprint density at radius 2 is 2.32 bits per heavy atom. The predicted octanol–water partition coefficient (Wildman–Crippen LogP) is -0.504. The van der Waals surface area contributed by atoms with E-state index < -0.39 is 5.97 Å². The summed E-state index contributed by atoms with van der Waals surface area (Å²) >= 11 is 0. The number of carbonyl (C=O) groups excluding carboxylic acids is 1. The number of nitrogens with one attached hydrogen (secondary N) is 1. The Morgan fingerprint density at radius 3 is 2.84 bits per heavy atom. The summed E-state index contributed by atoms with van der Waals surface area (Å²) in [4.78, 5) is 22.4. The normalized spacial score (nSPS) is 12.1. The molecule has 0 aromatic carbocycles. The lowest BCUT2D eigenvalue weighted by atomic mass is 10.1. The van der Waals surface area contributed by atoms with Crippen molar-refractivity contribution >= 4 is 11.9 Å². The molecule has 0 aliphatic carbocycles. The third-order valence-corrected chi connectivity index (χ3v) is 2.52. The Balaban J connectivity index is 2.49. The Morgan fingerprint density at radius 1 is 1.58 bits per heavy atom. The molecule has 1 heterocycles. The van der Waals surface area contributed by atoms with Gasteiger partial charge in [-0.1, -0.05) is 18.6 Å². The van der Waals surface area contributed by atoms with Gasteiger partial charge in [-0.25, -0.2) is 4.68 Å². The second-order valence-electron chi connectivity index (χ2n) is 4.26. The molecule has 0 aliphatic rings. The first-order valence-corrected chi connectivity index (χ1v) is 6.15. The summed E-state index contributed by atoms with van der Waals surface area (Å²) in [5.74, 6) is -1.21. The van der Waals surface area contributed by atoms with E-state index >= 15 is 0 Å². The number of amides is 1. The number of carbonyl (C=O) groups is 2. The molecule has 1 aromatic rings. The van der Waals surface area contributed by atoms with Gasteiger partial charge in [0.1, 0.15) is 6.54 Å². The third kappa shape index (κ3) is 5.47. The Hall–Kier alpha value is -1.96. The van der Waals surface area contributed by atoms with Gasteiger partial charge in [-0.05, 0) is 6.42 Å². The smallest absolute Gasteiger partial charge is 0.305 e. The molecule has 0 bridgehead atoms. The zero-order chi connectivity index (χ0) is 14.3. The van der Waals surface area contributed by atoms with Gasteiger partial charge in [0.2, 0.25) is 5.91 Å². The van der Waals surface area contributed by atoms with Crippen molar-refractivity contribution in [3.63, 3.8) is 0 Å². The van der Waals surface area contributed by atoms with E-state index in [2.05, 4.69) is 15.6 Å². The molecule has 0 saturated carbocycles. The van der Waals surface area contributed by atoms with Gasteiger partial charge in [-0.3, -0.25) is 9.59 Å². The second-order valence-corrected chi connectivity index (χ2v) is 4.26. The van der Waals surface area contributed by atoms with E-state index in [1.807, 2.05) is 6.92 Å². The van der Waals surface area contributed by atoms with Crippen LogP contribution in [-0.4, -0.2) is 38.0 Å². The van der Waals surface area contributed by atoms with Crippen LogP contribution in [-0.2, 0) is 22.7 Å². The van der Waals surface area contributed by atoms with Crippen molar-refractivity contribution < 1.29 is 14.7 Å². The highest BCUT2D eigenvalue weighted by molar-refractivity contribution is 5.77. The van der Waals surface area contributed by atoms with E-state index in [4.69, 9.17) is 10.8 Å². The fraction of sp³-hybridized carbons (Fsp3) is 0.636. The summed E-state index contributed by atoms with van der Waals surface area (Å²) in [5, 5.41) is 19.0. The summed E-state index contributed by atoms with van der Waals surface area (Å²) < 4.78 is 1.38. The van der Waals surface area contributed by atoms with E-state index in [-0.39, 0.29) is 31.5 Å². The Kier molecular flexibility index (Phi) is 5.94. The van der Waals surface area contributed by atoms with Crippen molar-refractivity contribution in [2.75, 3.05) is 0 Å². The lowest BCUT2D eigenvalue weighted by Crippen LogP contribution is -2.38. The quantitative estimate of drug-likeness (QED) is 0.584. The monoisotopic (exact) mass is 269 g/mol. The number of rotatable bonds is 8. The number of aromatic nitrogens is 3. The van der Waals surface area contributed by atoms with Crippen molar-refractivity contribution in [2.45, 2.75) is 45.3 Å². The molecule has 8 heteroatoms. The van der Waals surface area contributed by atoms with Gasteiger partial charge in [0.15, 0.2) is 0 Å². The largest absolute Gasteiger partial charge is 0.481 e. The molecule has 1 atom stereocenters. The molecule has 1 amide bonds. The molecule has 0 saturated heterocycles. The summed E-state index contributed by atoms with van der Waals surface area (Å²) in [6.45, 7) is 2.21. The molecule has 1 rings (SSSR count). The minimum absolute atomic E-state index is 0.00678. The standard InChI is InChI=1S/C11H19N5O3/c1-2-3-8(4-11(18)19)13-10(17)7-16-6-9(5-12)14-15-16/h6,8H,2-5,7,12H2,1H3,(H,13,17)(H,18,19). The second kappa shape index (κ2) is 7.47. The van der Waals surface area contributed by atoms with E-state index in [9.17, 15) is 9.59 Å². The molecule has 1 unspecified atom stereocenters. The lowest BCUT2D eigenvalue weighted by molar-refractivity contribution is -0.137. The average molecular weight is 269 g/mol. The third-order valence-electron chi connectivity index (χ3n) is 2.52. The van der Waals surface area contributed by atoms with Crippen LogP contribution in [0.1, 0.15) is 31.9 Å². The number of nitrogens with two attached hydrogens (primary N) is 1. The van der Waals surface area contributed by atoms with Gasteiger partial charge in [0.05, 0.1) is 18.3 Å². The summed E-state index contributed by atoms with van der Waals surface area (Å²) in [6, 6.07) is -0.354. The molecule has 4 N–H and O–H groups in total. The van der Waals surface area contributed by atoms with Crippen LogP contribution in [0.3, 0.4) is 0 Å². The molecule has 0 radical (unpaired) electrons. The first kappa shape index (κ1) is 15.1. The van der Waals surface area contributed by atoms with Gasteiger partial charge >= 0.3 is 5.97 Å². The molecular formula is C11H19N5O3. The van der Waals surface area contributed by atoms with Crippen LogP contribution in [0.5, 0.6) is 0 Å². The summed E-state index contributed by atoms with van der Waals surface area (Å²) in [5.41, 5.74) is 5.99. The van der Waals surface area contributed by atoms with Crippen LogP contribution < -0.4 is 11.1 Å². The molecule has 8 nitrogen and oxygen atoms in total. The molecule has 1 aromatic heterocycles. The molecular weight excluding hydrogens is 250 g/mol. The van der Waals surface area contributed by atoms with Crippen LogP contribution in [0.25, 0.3) is 0 Å². The maximum atomic E-state index is 11.8. The molecule has 0 fully saturated rings.